The molecule has 1 aromatic rings. The van der Waals surface area contributed by atoms with Crippen LogP contribution in [0.15, 0.2) is 24.3 Å². The Hall–Kier alpha value is -1.55. The third kappa shape index (κ3) is 3.80. The van der Waals surface area contributed by atoms with Crippen LogP contribution >= 0.6 is 0 Å². The summed E-state index contributed by atoms with van der Waals surface area (Å²) in [6.07, 6.45) is 5.63. The lowest BCUT2D eigenvalue weighted by Gasteiger charge is -2.26. The minimum absolute atomic E-state index is 0.254. The average Bonchev–Trinajstić information content (AvgIpc) is 2.97. The summed E-state index contributed by atoms with van der Waals surface area (Å²) in [5, 5.41) is 16.3. The fraction of sp³-hybridized carbons (Fsp3) is 0.611. The molecule has 3 rings (SSSR count). The summed E-state index contributed by atoms with van der Waals surface area (Å²) < 4.78 is 0. The van der Waals surface area contributed by atoms with Crippen LogP contribution in [0.5, 0.6) is 0 Å². The Morgan fingerprint density at radius 2 is 2.23 bits per heavy atom. The molecule has 0 spiro atoms. The largest absolute Gasteiger partial charge is 0.481 e. The van der Waals surface area contributed by atoms with Crippen molar-refractivity contribution in [3.8, 4) is 0 Å². The fourth-order valence-corrected chi connectivity index (χ4v) is 3.50. The molecular formula is C18H26N2O2. The summed E-state index contributed by atoms with van der Waals surface area (Å²) >= 11 is 0. The molecule has 2 aliphatic rings. The standard InChI is InChI=1S/C18H26N2O2/c21-18(22)17(15-7-8-19-12-15)10-14-5-2-6-16(9-14)20-11-13-3-1-4-13/h2,5-6,9,13,15,17,19-20H,1,3-4,7-8,10-12H2,(H,21,22)/t15-,17-/m0/s1. The number of anilines is 1. The molecule has 22 heavy (non-hydrogen) atoms. The van der Waals surface area contributed by atoms with E-state index < -0.39 is 5.97 Å². The van der Waals surface area contributed by atoms with E-state index in [9.17, 15) is 9.90 Å². The van der Waals surface area contributed by atoms with Crippen molar-refractivity contribution in [3.05, 3.63) is 29.8 Å². The summed E-state index contributed by atoms with van der Waals surface area (Å²) in [4.78, 5) is 11.6. The van der Waals surface area contributed by atoms with Crippen LogP contribution in [0.1, 0.15) is 31.2 Å². The highest BCUT2D eigenvalue weighted by molar-refractivity contribution is 5.71. The van der Waals surface area contributed by atoms with Crippen LogP contribution < -0.4 is 10.6 Å². The Balaban J connectivity index is 1.61. The number of hydrogen-bond acceptors (Lipinski definition) is 3. The van der Waals surface area contributed by atoms with Gasteiger partial charge in [-0.15, -0.1) is 0 Å². The van der Waals surface area contributed by atoms with Crippen LogP contribution in [-0.2, 0) is 11.2 Å². The van der Waals surface area contributed by atoms with Gasteiger partial charge in [-0.3, -0.25) is 4.79 Å². The Morgan fingerprint density at radius 3 is 2.86 bits per heavy atom. The number of nitrogens with one attached hydrogen (secondary N) is 2. The van der Waals surface area contributed by atoms with Crippen molar-refractivity contribution in [2.45, 2.75) is 32.1 Å². The number of aliphatic carboxylic acids is 1. The van der Waals surface area contributed by atoms with E-state index in [0.29, 0.717) is 6.42 Å². The van der Waals surface area contributed by atoms with Crippen LogP contribution in [0.2, 0.25) is 0 Å². The van der Waals surface area contributed by atoms with Gasteiger partial charge in [0.1, 0.15) is 0 Å². The lowest BCUT2D eigenvalue weighted by atomic mass is 9.85. The lowest BCUT2D eigenvalue weighted by Crippen LogP contribution is -2.27. The van der Waals surface area contributed by atoms with Crippen molar-refractivity contribution in [1.82, 2.24) is 5.32 Å². The smallest absolute Gasteiger partial charge is 0.307 e. The molecule has 1 heterocycles. The minimum Gasteiger partial charge on any atom is -0.481 e. The van der Waals surface area contributed by atoms with Crippen molar-refractivity contribution < 1.29 is 9.90 Å². The molecule has 1 saturated carbocycles. The van der Waals surface area contributed by atoms with Gasteiger partial charge in [-0.25, -0.2) is 0 Å². The van der Waals surface area contributed by atoms with Gasteiger partial charge in [0.2, 0.25) is 0 Å². The fourth-order valence-electron chi connectivity index (χ4n) is 3.50. The molecule has 0 aromatic heterocycles. The Morgan fingerprint density at radius 1 is 1.36 bits per heavy atom. The molecular weight excluding hydrogens is 276 g/mol. The molecule has 1 aromatic carbocycles. The van der Waals surface area contributed by atoms with Gasteiger partial charge in [-0.1, -0.05) is 18.6 Å². The highest BCUT2D eigenvalue weighted by Gasteiger charge is 2.30. The average molecular weight is 302 g/mol. The van der Waals surface area contributed by atoms with Crippen molar-refractivity contribution in [1.29, 1.82) is 0 Å². The second-order valence-corrected chi connectivity index (χ2v) is 6.78. The second-order valence-electron chi connectivity index (χ2n) is 6.78. The zero-order chi connectivity index (χ0) is 15.4. The Kier molecular flexibility index (Phi) is 4.98. The minimum atomic E-state index is -0.665. The highest BCUT2D eigenvalue weighted by atomic mass is 16.4. The van der Waals surface area contributed by atoms with Gasteiger partial charge in [0, 0.05) is 12.2 Å². The number of hydrogen-bond donors (Lipinski definition) is 3. The summed E-state index contributed by atoms with van der Waals surface area (Å²) in [7, 11) is 0. The number of carbonyl (C=O) groups is 1. The molecule has 120 valence electrons. The van der Waals surface area contributed by atoms with E-state index >= 15 is 0 Å². The van der Waals surface area contributed by atoms with Crippen LogP contribution in [0.3, 0.4) is 0 Å². The van der Waals surface area contributed by atoms with E-state index in [1.165, 1.54) is 19.3 Å². The van der Waals surface area contributed by atoms with E-state index in [4.69, 9.17) is 0 Å². The first-order chi connectivity index (χ1) is 10.7. The van der Waals surface area contributed by atoms with E-state index in [2.05, 4.69) is 22.8 Å². The van der Waals surface area contributed by atoms with Crippen LogP contribution in [0.25, 0.3) is 0 Å². The molecule has 0 unspecified atom stereocenters. The van der Waals surface area contributed by atoms with Crippen LogP contribution in [0, 0.1) is 17.8 Å². The van der Waals surface area contributed by atoms with Gasteiger partial charge in [-0.2, -0.15) is 0 Å². The van der Waals surface area contributed by atoms with E-state index in [1.54, 1.807) is 0 Å². The molecule has 1 aliphatic carbocycles. The number of rotatable bonds is 7. The maximum atomic E-state index is 11.6. The van der Waals surface area contributed by atoms with E-state index in [1.807, 2.05) is 12.1 Å². The summed E-state index contributed by atoms with van der Waals surface area (Å²) in [6.45, 7) is 2.81. The predicted molar refractivity (Wildman–Crippen MR) is 88.1 cm³/mol. The molecule has 4 nitrogen and oxygen atoms in total. The summed E-state index contributed by atoms with van der Waals surface area (Å²) in [5.74, 6) is 0.127. The first-order valence-corrected chi connectivity index (χ1v) is 8.48. The summed E-state index contributed by atoms with van der Waals surface area (Å²) in [5.41, 5.74) is 2.25. The molecule has 3 N–H and O–H groups in total. The molecule has 1 aliphatic heterocycles. The maximum absolute atomic E-state index is 11.6. The van der Waals surface area contributed by atoms with E-state index in [0.717, 1.165) is 43.2 Å². The van der Waals surface area contributed by atoms with Gasteiger partial charge >= 0.3 is 5.97 Å². The molecule has 2 atom stereocenters. The molecule has 2 fully saturated rings. The van der Waals surface area contributed by atoms with Crippen molar-refractivity contribution in [3.63, 3.8) is 0 Å². The Labute approximate surface area is 132 Å². The SMILES string of the molecule is O=C(O)[C@@H](Cc1cccc(NCC2CCC2)c1)[C@H]1CCNC1. The van der Waals surface area contributed by atoms with Gasteiger partial charge in [-0.05, 0) is 68.3 Å². The molecule has 4 heteroatoms. The maximum Gasteiger partial charge on any atom is 0.307 e. The van der Waals surface area contributed by atoms with Crippen molar-refractivity contribution in [2.75, 3.05) is 25.0 Å². The highest BCUT2D eigenvalue weighted by Crippen LogP contribution is 2.27. The number of carboxylic acids is 1. The van der Waals surface area contributed by atoms with Gasteiger partial charge in [0.05, 0.1) is 5.92 Å². The first kappa shape index (κ1) is 15.3. The second kappa shape index (κ2) is 7.14. The predicted octanol–water partition coefficient (Wildman–Crippen LogP) is 2.75. The van der Waals surface area contributed by atoms with E-state index in [-0.39, 0.29) is 11.8 Å². The molecule has 0 radical (unpaired) electrons. The third-order valence-electron chi connectivity index (χ3n) is 5.19. The zero-order valence-corrected chi connectivity index (χ0v) is 13.1. The lowest BCUT2D eigenvalue weighted by molar-refractivity contribution is -0.143. The topological polar surface area (TPSA) is 61.4 Å². The molecule has 0 bridgehead atoms. The molecule has 1 saturated heterocycles. The quantitative estimate of drug-likeness (QED) is 0.725. The molecule has 0 amide bonds. The zero-order valence-electron chi connectivity index (χ0n) is 13.1. The normalized spacial score (nSPS) is 23.0. The third-order valence-corrected chi connectivity index (χ3v) is 5.19. The van der Waals surface area contributed by atoms with Crippen molar-refractivity contribution in [2.24, 2.45) is 17.8 Å². The van der Waals surface area contributed by atoms with Gasteiger partial charge in [0.25, 0.3) is 0 Å². The van der Waals surface area contributed by atoms with Crippen molar-refractivity contribution >= 4 is 11.7 Å². The monoisotopic (exact) mass is 302 g/mol. The van der Waals surface area contributed by atoms with Gasteiger partial charge < -0.3 is 15.7 Å². The van der Waals surface area contributed by atoms with Gasteiger partial charge in [0.15, 0.2) is 0 Å². The van der Waals surface area contributed by atoms with Crippen LogP contribution in [0.4, 0.5) is 5.69 Å². The first-order valence-electron chi connectivity index (χ1n) is 8.48. The Bertz CT molecular complexity index is 508. The number of benzene rings is 1. The summed E-state index contributed by atoms with van der Waals surface area (Å²) in [6, 6.07) is 8.28. The number of carboxylic acid groups (broad SMARTS) is 1. The van der Waals surface area contributed by atoms with Crippen LogP contribution in [-0.4, -0.2) is 30.7 Å².